The number of nitrogens with zero attached hydrogens (tertiary/aromatic N) is 2. The Morgan fingerprint density at radius 3 is 2.61 bits per heavy atom. The van der Waals surface area contributed by atoms with Crippen LogP contribution >= 0.6 is 0 Å². The van der Waals surface area contributed by atoms with Crippen molar-refractivity contribution in [1.29, 1.82) is 0 Å². The molecule has 1 aliphatic heterocycles. The summed E-state index contributed by atoms with van der Waals surface area (Å²) in [5, 5.41) is 0. The van der Waals surface area contributed by atoms with Gasteiger partial charge < -0.3 is 15.2 Å². The molecule has 1 aliphatic rings. The van der Waals surface area contributed by atoms with Crippen molar-refractivity contribution < 1.29 is 0 Å². The Labute approximate surface area is 108 Å². The zero-order valence-corrected chi connectivity index (χ0v) is 11.1. The van der Waals surface area contributed by atoms with Gasteiger partial charge in [0, 0.05) is 25.4 Å². The number of likely N-dealkylation sites (tertiary alicyclic amines) is 1. The Morgan fingerprint density at radius 2 is 2.00 bits per heavy atom. The Bertz CT molecular complexity index is 433. The normalized spacial score (nSPS) is 19.9. The molecule has 18 heavy (non-hydrogen) atoms. The van der Waals surface area contributed by atoms with Crippen molar-refractivity contribution in [1.82, 2.24) is 9.47 Å². The lowest BCUT2D eigenvalue weighted by Gasteiger charge is -2.38. The SMILES string of the molecule is CC1(CN)CCN(CCn2ccccc2=O)CC1. The summed E-state index contributed by atoms with van der Waals surface area (Å²) < 4.78 is 1.77. The molecule has 1 aromatic rings. The van der Waals surface area contributed by atoms with Crippen molar-refractivity contribution in [2.75, 3.05) is 26.2 Å². The fourth-order valence-corrected chi connectivity index (χ4v) is 2.42. The fraction of sp³-hybridized carbons (Fsp3) is 0.643. The molecule has 0 amide bonds. The molecule has 4 heteroatoms. The van der Waals surface area contributed by atoms with Crippen molar-refractivity contribution in [2.45, 2.75) is 26.3 Å². The van der Waals surface area contributed by atoms with E-state index in [0.29, 0.717) is 5.41 Å². The topological polar surface area (TPSA) is 51.3 Å². The summed E-state index contributed by atoms with van der Waals surface area (Å²) in [5.74, 6) is 0. The summed E-state index contributed by atoms with van der Waals surface area (Å²) >= 11 is 0. The molecule has 2 rings (SSSR count). The summed E-state index contributed by atoms with van der Waals surface area (Å²) in [6.45, 7) is 6.96. The fourth-order valence-electron chi connectivity index (χ4n) is 2.42. The maximum Gasteiger partial charge on any atom is 0.250 e. The molecular formula is C14H23N3O. The van der Waals surface area contributed by atoms with Crippen molar-refractivity contribution >= 4 is 0 Å². The van der Waals surface area contributed by atoms with Crippen molar-refractivity contribution in [2.24, 2.45) is 11.1 Å². The molecule has 0 spiro atoms. The molecule has 2 heterocycles. The van der Waals surface area contributed by atoms with Gasteiger partial charge >= 0.3 is 0 Å². The first-order valence-corrected chi connectivity index (χ1v) is 6.71. The first-order chi connectivity index (χ1) is 8.63. The number of piperidine rings is 1. The summed E-state index contributed by atoms with van der Waals surface area (Å²) in [5.41, 5.74) is 6.21. The summed E-state index contributed by atoms with van der Waals surface area (Å²) in [6, 6.07) is 5.30. The van der Waals surface area contributed by atoms with E-state index in [4.69, 9.17) is 5.73 Å². The van der Waals surface area contributed by atoms with Crippen LogP contribution < -0.4 is 11.3 Å². The van der Waals surface area contributed by atoms with Crippen LogP contribution in [0.25, 0.3) is 0 Å². The minimum absolute atomic E-state index is 0.0845. The number of aromatic nitrogens is 1. The van der Waals surface area contributed by atoms with E-state index in [1.807, 2.05) is 12.3 Å². The second-order valence-corrected chi connectivity index (χ2v) is 5.59. The van der Waals surface area contributed by atoms with Gasteiger partial charge in [-0.15, -0.1) is 0 Å². The molecule has 2 N–H and O–H groups in total. The molecule has 0 aromatic carbocycles. The highest BCUT2D eigenvalue weighted by Crippen LogP contribution is 2.29. The van der Waals surface area contributed by atoms with Crippen LogP contribution in [0.5, 0.6) is 0 Å². The number of rotatable bonds is 4. The molecule has 0 atom stereocenters. The monoisotopic (exact) mass is 249 g/mol. The van der Waals surface area contributed by atoms with Crippen LogP contribution in [0.4, 0.5) is 0 Å². The number of hydrogen-bond acceptors (Lipinski definition) is 3. The largest absolute Gasteiger partial charge is 0.330 e. The summed E-state index contributed by atoms with van der Waals surface area (Å²) in [7, 11) is 0. The highest BCUT2D eigenvalue weighted by atomic mass is 16.1. The minimum Gasteiger partial charge on any atom is -0.330 e. The van der Waals surface area contributed by atoms with Crippen LogP contribution in [0.3, 0.4) is 0 Å². The van der Waals surface area contributed by atoms with Crippen LogP contribution in [0.15, 0.2) is 29.2 Å². The molecule has 0 saturated carbocycles. The molecule has 0 radical (unpaired) electrons. The van der Waals surface area contributed by atoms with Crippen LogP contribution in [0, 0.1) is 5.41 Å². The van der Waals surface area contributed by atoms with Crippen molar-refractivity contribution in [3.63, 3.8) is 0 Å². The lowest BCUT2D eigenvalue weighted by Crippen LogP contribution is -2.43. The van der Waals surface area contributed by atoms with Gasteiger partial charge in [-0.3, -0.25) is 4.79 Å². The first kappa shape index (κ1) is 13.3. The van der Waals surface area contributed by atoms with Gasteiger partial charge in [0.1, 0.15) is 0 Å². The van der Waals surface area contributed by atoms with Gasteiger partial charge in [-0.25, -0.2) is 0 Å². The third-order valence-electron chi connectivity index (χ3n) is 4.11. The zero-order valence-electron chi connectivity index (χ0n) is 11.1. The third-order valence-corrected chi connectivity index (χ3v) is 4.11. The molecule has 1 fully saturated rings. The lowest BCUT2D eigenvalue weighted by molar-refractivity contribution is 0.121. The smallest absolute Gasteiger partial charge is 0.250 e. The van der Waals surface area contributed by atoms with E-state index in [9.17, 15) is 4.79 Å². The second kappa shape index (κ2) is 5.67. The molecule has 1 saturated heterocycles. The van der Waals surface area contributed by atoms with Gasteiger partial charge in [0.25, 0.3) is 5.56 Å². The molecule has 100 valence electrons. The van der Waals surface area contributed by atoms with Crippen LogP contribution in [0.2, 0.25) is 0 Å². The lowest BCUT2D eigenvalue weighted by atomic mass is 9.80. The van der Waals surface area contributed by atoms with E-state index >= 15 is 0 Å². The molecule has 1 aromatic heterocycles. The van der Waals surface area contributed by atoms with E-state index in [1.54, 1.807) is 16.7 Å². The average Bonchev–Trinajstić information content (AvgIpc) is 2.40. The van der Waals surface area contributed by atoms with E-state index in [-0.39, 0.29) is 5.56 Å². The zero-order chi connectivity index (χ0) is 13.0. The highest BCUT2D eigenvalue weighted by molar-refractivity contribution is 4.93. The Balaban J connectivity index is 1.83. The quantitative estimate of drug-likeness (QED) is 0.863. The van der Waals surface area contributed by atoms with Crippen LogP contribution in [-0.2, 0) is 6.54 Å². The predicted molar refractivity (Wildman–Crippen MR) is 73.5 cm³/mol. The predicted octanol–water partition coefficient (Wildman–Crippen LogP) is 0.909. The maximum atomic E-state index is 11.6. The number of hydrogen-bond donors (Lipinski definition) is 1. The Hall–Kier alpha value is -1.13. The maximum absolute atomic E-state index is 11.6. The molecule has 4 nitrogen and oxygen atoms in total. The van der Waals surface area contributed by atoms with E-state index < -0.39 is 0 Å². The van der Waals surface area contributed by atoms with Crippen LogP contribution in [-0.4, -0.2) is 35.6 Å². The molecule has 0 aliphatic carbocycles. The van der Waals surface area contributed by atoms with E-state index in [1.165, 1.54) is 0 Å². The molecule has 0 bridgehead atoms. The standard InChI is InChI=1S/C14H23N3O/c1-14(12-15)5-8-16(9-6-14)10-11-17-7-3-2-4-13(17)18/h2-4,7H,5-6,8-12,15H2,1H3. The Morgan fingerprint density at radius 1 is 1.28 bits per heavy atom. The average molecular weight is 249 g/mol. The van der Waals surface area contributed by atoms with Crippen molar-refractivity contribution in [3.8, 4) is 0 Å². The van der Waals surface area contributed by atoms with Gasteiger partial charge in [-0.1, -0.05) is 13.0 Å². The molecule has 0 unspecified atom stereocenters. The van der Waals surface area contributed by atoms with Gasteiger partial charge in [0.2, 0.25) is 0 Å². The van der Waals surface area contributed by atoms with Gasteiger partial charge in [-0.05, 0) is 44.0 Å². The van der Waals surface area contributed by atoms with Gasteiger partial charge in [0.15, 0.2) is 0 Å². The minimum atomic E-state index is 0.0845. The van der Waals surface area contributed by atoms with E-state index in [0.717, 1.165) is 45.6 Å². The number of nitrogens with two attached hydrogens (primary N) is 1. The van der Waals surface area contributed by atoms with Gasteiger partial charge in [0.05, 0.1) is 0 Å². The molecular weight excluding hydrogens is 226 g/mol. The third kappa shape index (κ3) is 3.21. The van der Waals surface area contributed by atoms with Gasteiger partial charge in [-0.2, -0.15) is 0 Å². The van der Waals surface area contributed by atoms with Crippen LogP contribution in [0.1, 0.15) is 19.8 Å². The second-order valence-electron chi connectivity index (χ2n) is 5.59. The Kier molecular flexibility index (Phi) is 4.19. The van der Waals surface area contributed by atoms with Crippen molar-refractivity contribution in [3.05, 3.63) is 34.7 Å². The number of pyridine rings is 1. The summed E-state index contributed by atoms with van der Waals surface area (Å²) in [6.07, 6.45) is 4.18. The van der Waals surface area contributed by atoms with E-state index in [2.05, 4.69) is 11.8 Å². The highest BCUT2D eigenvalue weighted by Gasteiger charge is 2.28. The summed E-state index contributed by atoms with van der Waals surface area (Å²) in [4.78, 5) is 14.0. The first-order valence-electron chi connectivity index (χ1n) is 6.71.